The Bertz CT molecular complexity index is 360. The van der Waals surface area contributed by atoms with E-state index in [4.69, 9.17) is 9.47 Å². The standard InChI is InChI=1S/C13H19N3O2/c1-2-4-15-12(3-1)13-17-9-11(10-18-13)16-7-5-14-6-8-16/h1-4,11,13-14H,5-10H2. The van der Waals surface area contributed by atoms with E-state index in [9.17, 15) is 0 Å². The van der Waals surface area contributed by atoms with E-state index in [1.165, 1.54) is 0 Å². The molecule has 18 heavy (non-hydrogen) atoms. The number of hydrogen-bond donors (Lipinski definition) is 1. The molecule has 2 saturated heterocycles. The van der Waals surface area contributed by atoms with E-state index in [0.29, 0.717) is 6.04 Å². The van der Waals surface area contributed by atoms with E-state index in [1.807, 2.05) is 18.2 Å². The van der Waals surface area contributed by atoms with Crippen molar-refractivity contribution in [1.82, 2.24) is 15.2 Å². The summed E-state index contributed by atoms with van der Waals surface area (Å²) in [5.74, 6) is 0. The van der Waals surface area contributed by atoms with Gasteiger partial charge in [-0.15, -0.1) is 0 Å². The van der Waals surface area contributed by atoms with E-state index < -0.39 is 0 Å². The topological polar surface area (TPSA) is 46.6 Å². The van der Waals surface area contributed by atoms with Gasteiger partial charge in [0, 0.05) is 32.4 Å². The lowest BCUT2D eigenvalue weighted by Gasteiger charge is -2.38. The van der Waals surface area contributed by atoms with Crippen LogP contribution in [-0.4, -0.2) is 55.3 Å². The molecule has 0 radical (unpaired) electrons. The van der Waals surface area contributed by atoms with Gasteiger partial charge in [0.15, 0.2) is 0 Å². The maximum Gasteiger partial charge on any atom is 0.201 e. The van der Waals surface area contributed by atoms with E-state index in [-0.39, 0.29) is 6.29 Å². The van der Waals surface area contributed by atoms with Crippen LogP contribution in [-0.2, 0) is 9.47 Å². The summed E-state index contributed by atoms with van der Waals surface area (Å²) in [6.45, 7) is 5.71. The second-order valence-electron chi connectivity index (χ2n) is 4.69. The summed E-state index contributed by atoms with van der Waals surface area (Å²) >= 11 is 0. The van der Waals surface area contributed by atoms with Crippen LogP contribution >= 0.6 is 0 Å². The van der Waals surface area contributed by atoms with Crippen LogP contribution in [0.1, 0.15) is 12.0 Å². The van der Waals surface area contributed by atoms with Crippen molar-refractivity contribution in [2.75, 3.05) is 39.4 Å². The Morgan fingerprint density at radius 2 is 1.94 bits per heavy atom. The van der Waals surface area contributed by atoms with Crippen molar-refractivity contribution in [3.63, 3.8) is 0 Å². The third-order valence-corrected chi connectivity index (χ3v) is 3.48. The smallest absolute Gasteiger partial charge is 0.201 e. The summed E-state index contributed by atoms with van der Waals surface area (Å²) in [6.07, 6.45) is 1.47. The van der Waals surface area contributed by atoms with Crippen molar-refractivity contribution >= 4 is 0 Å². The van der Waals surface area contributed by atoms with Gasteiger partial charge in [-0.05, 0) is 12.1 Å². The Morgan fingerprint density at radius 3 is 2.61 bits per heavy atom. The summed E-state index contributed by atoms with van der Waals surface area (Å²) in [6, 6.07) is 6.18. The second-order valence-corrected chi connectivity index (χ2v) is 4.69. The largest absolute Gasteiger partial charge is 0.345 e. The van der Waals surface area contributed by atoms with Gasteiger partial charge in [-0.2, -0.15) is 0 Å². The van der Waals surface area contributed by atoms with Crippen molar-refractivity contribution < 1.29 is 9.47 Å². The maximum atomic E-state index is 5.78. The molecule has 5 nitrogen and oxygen atoms in total. The summed E-state index contributed by atoms with van der Waals surface area (Å²) in [5.41, 5.74) is 0.858. The second kappa shape index (κ2) is 5.75. The molecule has 3 heterocycles. The lowest BCUT2D eigenvalue weighted by molar-refractivity contribution is -0.211. The van der Waals surface area contributed by atoms with Gasteiger partial charge in [0.25, 0.3) is 0 Å². The summed E-state index contributed by atoms with van der Waals surface area (Å²) in [5, 5.41) is 3.36. The number of hydrogen-bond acceptors (Lipinski definition) is 5. The minimum Gasteiger partial charge on any atom is -0.345 e. The maximum absolute atomic E-state index is 5.78. The molecule has 3 rings (SSSR count). The van der Waals surface area contributed by atoms with Crippen LogP contribution in [0.4, 0.5) is 0 Å². The number of pyridine rings is 1. The number of rotatable bonds is 2. The molecule has 2 fully saturated rings. The molecular formula is C13H19N3O2. The number of piperazine rings is 1. The molecule has 0 bridgehead atoms. The fourth-order valence-electron chi connectivity index (χ4n) is 2.44. The fraction of sp³-hybridized carbons (Fsp3) is 0.615. The van der Waals surface area contributed by atoms with Gasteiger partial charge >= 0.3 is 0 Å². The molecule has 1 aromatic heterocycles. The molecule has 2 aliphatic heterocycles. The lowest BCUT2D eigenvalue weighted by Crippen LogP contribution is -2.53. The van der Waals surface area contributed by atoms with Gasteiger partial charge in [0.2, 0.25) is 6.29 Å². The highest BCUT2D eigenvalue weighted by atomic mass is 16.7. The number of nitrogens with zero attached hydrogens (tertiary/aromatic N) is 2. The molecule has 1 N–H and O–H groups in total. The van der Waals surface area contributed by atoms with Gasteiger partial charge in [0.1, 0.15) is 0 Å². The quantitative estimate of drug-likeness (QED) is 0.822. The van der Waals surface area contributed by atoms with Crippen LogP contribution in [0, 0.1) is 0 Å². The van der Waals surface area contributed by atoms with Crippen LogP contribution in [0.15, 0.2) is 24.4 Å². The number of ether oxygens (including phenoxy) is 2. The van der Waals surface area contributed by atoms with Crippen molar-refractivity contribution in [1.29, 1.82) is 0 Å². The van der Waals surface area contributed by atoms with Gasteiger partial charge in [-0.25, -0.2) is 0 Å². The zero-order valence-electron chi connectivity index (χ0n) is 10.4. The summed E-state index contributed by atoms with van der Waals surface area (Å²) in [7, 11) is 0. The van der Waals surface area contributed by atoms with E-state index in [1.54, 1.807) is 6.20 Å². The van der Waals surface area contributed by atoms with Gasteiger partial charge < -0.3 is 14.8 Å². The Kier molecular flexibility index (Phi) is 3.85. The first-order valence-corrected chi connectivity index (χ1v) is 6.52. The molecule has 0 aromatic carbocycles. The van der Waals surface area contributed by atoms with E-state index in [0.717, 1.165) is 45.1 Å². The highest BCUT2D eigenvalue weighted by molar-refractivity contribution is 5.05. The molecule has 1 aromatic rings. The summed E-state index contributed by atoms with van der Waals surface area (Å²) < 4.78 is 11.6. The summed E-state index contributed by atoms with van der Waals surface area (Å²) in [4.78, 5) is 6.70. The number of aromatic nitrogens is 1. The molecule has 0 atom stereocenters. The molecule has 0 amide bonds. The molecule has 0 spiro atoms. The van der Waals surface area contributed by atoms with Crippen molar-refractivity contribution in [2.24, 2.45) is 0 Å². The van der Waals surface area contributed by atoms with Crippen molar-refractivity contribution in [3.05, 3.63) is 30.1 Å². The Balaban J connectivity index is 1.54. The minimum atomic E-state index is -0.301. The molecular weight excluding hydrogens is 230 g/mol. The predicted molar refractivity (Wildman–Crippen MR) is 67.1 cm³/mol. The normalized spacial score (nSPS) is 30.2. The van der Waals surface area contributed by atoms with Crippen LogP contribution < -0.4 is 5.32 Å². The first-order chi connectivity index (χ1) is 8.93. The fourth-order valence-corrected chi connectivity index (χ4v) is 2.44. The molecule has 98 valence electrons. The minimum absolute atomic E-state index is 0.301. The van der Waals surface area contributed by atoms with Crippen LogP contribution in [0.2, 0.25) is 0 Å². The average molecular weight is 249 g/mol. The van der Waals surface area contributed by atoms with E-state index >= 15 is 0 Å². The Labute approximate surface area is 107 Å². The molecule has 2 aliphatic rings. The van der Waals surface area contributed by atoms with E-state index in [2.05, 4.69) is 15.2 Å². The SMILES string of the molecule is c1ccc(C2OCC(N3CCNCC3)CO2)nc1. The molecule has 5 heteroatoms. The van der Waals surface area contributed by atoms with Gasteiger partial charge in [0.05, 0.1) is 24.9 Å². The highest BCUT2D eigenvalue weighted by Gasteiger charge is 2.28. The highest BCUT2D eigenvalue weighted by Crippen LogP contribution is 2.22. The molecule has 0 saturated carbocycles. The average Bonchev–Trinajstić information content (AvgIpc) is 2.49. The van der Waals surface area contributed by atoms with Crippen molar-refractivity contribution in [3.8, 4) is 0 Å². The third kappa shape index (κ3) is 2.70. The predicted octanol–water partition coefficient (Wildman–Crippen LogP) is 0.401. The third-order valence-electron chi connectivity index (χ3n) is 3.48. The van der Waals surface area contributed by atoms with Crippen LogP contribution in [0.5, 0.6) is 0 Å². The zero-order valence-corrected chi connectivity index (χ0v) is 10.4. The van der Waals surface area contributed by atoms with Crippen LogP contribution in [0.25, 0.3) is 0 Å². The van der Waals surface area contributed by atoms with Gasteiger partial charge in [-0.1, -0.05) is 6.07 Å². The lowest BCUT2D eigenvalue weighted by atomic mass is 10.2. The Morgan fingerprint density at radius 1 is 1.17 bits per heavy atom. The van der Waals surface area contributed by atoms with Crippen LogP contribution in [0.3, 0.4) is 0 Å². The monoisotopic (exact) mass is 249 g/mol. The first kappa shape index (κ1) is 12.0. The Hall–Kier alpha value is -1.01. The molecule has 0 unspecified atom stereocenters. The first-order valence-electron chi connectivity index (χ1n) is 6.52. The molecule has 0 aliphatic carbocycles. The number of nitrogens with one attached hydrogen (secondary N) is 1. The van der Waals surface area contributed by atoms with Crippen molar-refractivity contribution in [2.45, 2.75) is 12.3 Å². The zero-order chi connectivity index (χ0) is 12.2. The van der Waals surface area contributed by atoms with Gasteiger partial charge in [-0.3, -0.25) is 9.88 Å².